The number of benzene rings is 1. The molecule has 5 nitrogen and oxygen atoms in total. The first-order chi connectivity index (χ1) is 13.8. The monoisotopic (exact) mass is 306 g/mol. The number of hydrogen-bond donors (Lipinski definition) is 2. The van der Waals surface area contributed by atoms with E-state index in [0.717, 1.165) is 11.1 Å². The van der Waals surface area contributed by atoms with Crippen molar-refractivity contribution in [1.29, 1.82) is 0 Å². The fourth-order valence-electron chi connectivity index (χ4n) is 1.61. The quantitative estimate of drug-likeness (QED) is 0.846. The van der Waals surface area contributed by atoms with Gasteiger partial charge in [0.25, 0.3) is 0 Å². The van der Waals surface area contributed by atoms with E-state index in [1.165, 1.54) is 11.8 Å². The lowest BCUT2D eigenvalue weighted by atomic mass is 10.1. The Morgan fingerprint density at radius 1 is 1.55 bits per heavy atom. The molecule has 6 heteroatoms. The summed E-state index contributed by atoms with van der Waals surface area (Å²) < 4.78 is 110. The van der Waals surface area contributed by atoms with Gasteiger partial charge in [0.2, 0.25) is 10.0 Å². The number of aromatic nitrogens is 1. The van der Waals surface area contributed by atoms with Crippen molar-refractivity contribution in [3.63, 3.8) is 0 Å². The minimum absolute atomic E-state index is 0.0876. The maximum Gasteiger partial charge on any atom is 0.215 e. The van der Waals surface area contributed by atoms with Crippen LogP contribution in [-0.2, 0) is 22.1 Å². The van der Waals surface area contributed by atoms with Crippen LogP contribution < -0.4 is 4.72 Å². The molecule has 2 N–H and O–H groups in total. The van der Waals surface area contributed by atoms with Gasteiger partial charge < -0.3 is 9.88 Å². The normalized spacial score (nSPS) is 22.4. The van der Waals surface area contributed by atoms with Gasteiger partial charge in [-0.15, -0.1) is 0 Å². The average molecular weight is 306 g/mol. The predicted molar refractivity (Wildman–Crippen MR) is 82.2 cm³/mol. The van der Waals surface area contributed by atoms with Crippen molar-refractivity contribution >= 4 is 20.9 Å². The van der Waals surface area contributed by atoms with Crippen LogP contribution in [0.4, 0.5) is 0 Å². The highest BCUT2D eigenvalue weighted by molar-refractivity contribution is 7.88. The molecular weight excluding hydrogens is 274 g/mol. The maximum atomic E-state index is 12.2. The molecule has 0 saturated carbocycles. The summed E-state index contributed by atoms with van der Waals surface area (Å²) in [5, 5.41) is -0.177. The second-order valence-electron chi connectivity index (χ2n) is 4.20. The molecule has 0 fully saturated rings. The average Bonchev–Trinajstić information content (AvgIpc) is 2.99. The smallest absolute Gasteiger partial charge is 0.215 e. The summed E-state index contributed by atoms with van der Waals surface area (Å²) in [4.78, 5) is 3.40. The van der Waals surface area contributed by atoms with E-state index in [4.69, 9.17) is 15.1 Å². The first-order valence-electron chi connectivity index (χ1n) is 11.1. The van der Waals surface area contributed by atoms with Crippen molar-refractivity contribution in [3.8, 4) is 0 Å². The molecule has 1 heterocycles. The third kappa shape index (κ3) is 3.59. The summed E-state index contributed by atoms with van der Waals surface area (Å²) in [5.74, 6) is -1.08. The second-order valence-corrected chi connectivity index (χ2v) is 5.92. The van der Waals surface area contributed by atoms with E-state index in [0.29, 0.717) is 0 Å². The van der Waals surface area contributed by atoms with Crippen LogP contribution in [-0.4, -0.2) is 45.8 Å². The largest absolute Gasteiger partial charge is 0.361 e. The Balaban J connectivity index is 2.65. The summed E-state index contributed by atoms with van der Waals surface area (Å²) in [6.07, 6.45) is -1.17. The van der Waals surface area contributed by atoms with Gasteiger partial charge in [-0.05, 0) is 50.6 Å². The van der Waals surface area contributed by atoms with E-state index in [1.54, 1.807) is 0 Å². The van der Waals surface area contributed by atoms with Crippen LogP contribution in [0, 0.1) is 0 Å². The number of rotatable bonds is 6. The number of aromatic amines is 1. The number of fused-ring (bicyclic) bond motifs is 1. The standard InChI is InChI=1S/C14H21N3O2S/c1-15-20(18,19)10-11-4-5-14-13(8-11)12(9-16-14)6-7-17(2)3/h4-5,8-9,15-16H,6-7,10H2,1-3H3/i1D3,2D3,4D,5D,6D2,8D. The molecule has 0 unspecified atom stereocenters. The van der Waals surface area contributed by atoms with Crippen LogP contribution in [0.1, 0.15) is 26.2 Å². The number of likely N-dealkylation sites (N-methyl/N-ethyl adjacent to an activating group) is 1. The number of sulfonamides is 1. The van der Waals surface area contributed by atoms with Gasteiger partial charge in [-0.2, -0.15) is 0 Å². The molecule has 0 radical (unpaired) electrons. The molecule has 1 aromatic carbocycles. The van der Waals surface area contributed by atoms with Crippen molar-refractivity contribution in [2.24, 2.45) is 0 Å². The Kier molecular flexibility index (Phi) is 1.84. The van der Waals surface area contributed by atoms with Gasteiger partial charge in [0, 0.05) is 34.6 Å². The van der Waals surface area contributed by atoms with Gasteiger partial charge in [-0.25, -0.2) is 13.1 Å². The number of nitrogens with zero attached hydrogens (tertiary/aromatic N) is 1. The van der Waals surface area contributed by atoms with Crippen molar-refractivity contribution in [2.45, 2.75) is 12.1 Å². The molecule has 0 aliphatic heterocycles. The Labute approximate surface area is 135 Å². The Morgan fingerprint density at radius 2 is 2.40 bits per heavy atom. The molecule has 0 saturated heterocycles. The van der Waals surface area contributed by atoms with E-state index < -0.39 is 66.3 Å². The Hall–Kier alpha value is -1.37. The highest BCUT2D eigenvalue weighted by Gasteiger charge is 2.11. The molecule has 0 aliphatic rings. The van der Waals surface area contributed by atoms with Crippen molar-refractivity contribution in [1.82, 2.24) is 14.6 Å². The first kappa shape index (κ1) is 6.17. The highest BCUT2D eigenvalue weighted by atomic mass is 32.2. The third-order valence-corrected chi connectivity index (χ3v) is 3.47. The zero-order valence-corrected chi connectivity index (χ0v) is 11.5. The molecule has 0 aliphatic carbocycles. The van der Waals surface area contributed by atoms with Crippen LogP contribution in [0.3, 0.4) is 0 Å². The summed E-state index contributed by atoms with van der Waals surface area (Å²) in [6, 6.07) is -1.69. The maximum absolute atomic E-state index is 12.2. The zero-order valence-electron chi connectivity index (χ0n) is 21.7. The molecule has 0 spiro atoms. The molecule has 0 amide bonds. The van der Waals surface area contributed by atoms with Crippen molar-refractivity contribution in [3.05, 3.63) is 35.5 Å². The van der Waals surface area contributed by atoms with Crippen LogP contribution in [0.2, 0.25) is 0 Å². The van der Waals surface area contributed by atoms with Gasteiger partial charge >= 0.3 is 0 Å². The van der Waals surface area contributed by atoms with E-state index in [2.05, 4.69) is 4.98 Å². The number of H-pyrrole nitrogens is 1. The minimum atomic E-state index is -4.51. The highest BCUT2D eigenvalue weighted by Crippen LogP contribution is 2.21. The zero-order chi connectivity index (χ0) is 24.2. The summed E-state index contributed by atoms with van der Waals surface area (Å²) in [7, 11) is -3.32. The predicted octanol–water partition coefficient (Wildman–Crippen LogP) is 1.32. The van der Waals surface area contributed by atoms with Crippen LogP contribution in [0.25, 0.3) is 10.9 Å². The molecule has 1 aromatic heterocycles. The lowest BCUT2D eigenvalue weighted by Crippen LogP contribution is -2.20. The summed E-state index contributed by atoms with van der Waals surface area (Å²) in [6.45, 7) is -6.22. The third-order valence-electron chi connectivity index (χ3n) is 2.49. The van der Waals surface area contributed by atoms with Crippen molar-refractivity contribution < 1.29 is 23.5 Å². The van der Waals surface area contributed by atoms with Crippen LogP contribution in [0.15, 0.2) is 24.3 Å². The van der Waals surface area contributed by atoms with Gasteiger partial charge in [0.1, 0.15) is 0 Å². The van der Waals surface area contributed by atoms with E-state index in [1.807, 2.05) is 0 Å². The SMILES string of the molecule is [2H]c1c(CS(=O)(=O)NC([2H])([2H])[2H])c([2H])c2c(C([2H])([2H])CN(C)C([2H])([2H])[2H])c[nH]c2c1[2H]. The fourth-order valence-corrected chi connectivity index (χ4v) is 2.21. The van der Waals surface area contributed by atoms with Gasteiger partial charge in [0.05, 0.1) is 9.87 Å². The first-order valence-corrected chi connectivity index (χ1v) is 7.25. The molecule has 0 bridgehead atoms. The van der Waals surface area contributed by atoms with Crippen molar-refractivity contribution in [2.75, 3.05) is 27.5 Å². The lowest BCUT2D eigenvalue weighted by Gasteiger charge is -2.08. The van der Waals surface area contributed by atoms with Gasteiger partial charge in [-0.1, -0.05) is 6.04 Å². The number of nitrogens with one attached hydrogen (secondary N) is 2. The second kappa shape index (κ2) is 5.95. The molecule has 2 aromatic rings. The summed E-state index contributed by atoms with van der Waals surface area (Å²) in [5.41, 5.74) is -0.745. The topological polar surface area (TPSA) is 65.2 Å². The fraction of sp³-hybridized carbons (Fsp3) is 0.429. The molecule has 20 heavy (non-hydrogen) atoms. The van der Waals surface area contributed by atoms with E-state index >= 15 is 0 Å². The van der Waals surface area contributed by atoms with Gasteiger partial charge in [-0.3, -0.25) is 0 Å². The van der Waals surface area contributed by atoms with E-state index in [9.17, 15) is 8.42 Å². The Bertz CT molecular complexity index is 1090. The van der Waals surface area contributed by atoms with Crippen LogP contribution >= 0.6 is 0 Å². The van der Waals surface area contributed by atoms with Crippen LogP contribution in [0.5, 0.6) is 0 Å². The minimum Gasteiger partial charge on any atom is -0.361 e. The summed E-state index contributed by atoms with van der Waals surface area (Å²) >= 11 is 0. The molecule has 2 rings (SSSR count). The van der Waals surface area contributed by atoms with E-state index in [-0.39, 0.29) is 16.5 Å². The number of hydrogen-bond acceptors (Lipinski definition) is 3. The molecule has 0 atom stereocenters. The molecule has 110 valence electrons. The molecular formula is C14H21N3O2S. The van der Waals surface area contributed by atoms with Gasteiger partial charge in [0.15, 0.2) is 0 Å². The Morgan fingerprint density at radius 3 is 3.15 bits per heavy atom. The lowest BCUT2D eigenvalue weighted by molar-refractivity contribution is 0.414.